The molecule has 0 aliphatic rings. The highest BCUT2D eigenvalue weighted by Gasteiger charge is 2.08. The average molecular weight is 284 g/mol. The van der Waals surface area contributed by atoms with Gasteiger partial charge in [-0.05, 0) is 0 Å². The van der Waals surface area contributed by atoms with Gasteiger partial charge in [0.25, 0.3) is 0 Å². The number of aromatic nitrogens is 4. The van der Waals surface area contributed by atoms with Crippen molar-refractivity contribution in [1.82, 2.24) is 19.2 Å². The SMILES string of the molecule is N#CC(C#N)=c1cnn2cc3c(=C(C#N)C#N)cnn3cc12. The van der Waals surface area contributed by atoms with Crippen LogP contribution in [0.1, 0.15) is 0 Å². The molecule has 0 saturated heterocycles. The molecule has 3 heterocycles. The van der Waals surface area contributed by atoms with Gasteiger partial charge in [0.05, 0.1) is 46.3 Å². The summed E-state index contributed by atoms with van der Waals surface area (Å²) in [5.41, 5.74) is 0.942. The highest BCUT2D eigenvalue weighted by atomic mass is 15.3. The Morgan fingerprint density at radius 1 is 0.727 bits per heavy atom. The first-order chi connectivity index (χ1) is 10.7. The van der Waals surface area contributed by atoms with Crippen LogP contribution in [0.25, 0.3) is 22.2 Å². The molecular weight excluding hydrogens is 280 g/mol. The Morgan fingerprint density at radius 3 is 1.41 bits per heavy atom. The predicted octanol–water partition coefficient (Wildman–Crippen LogP) is -0.622. The standard InChI is InChI=1S/C14H4N8/c15-1-9(2-16)11-5-19-21-8-14-12(10(3-17)4-18)6-20-22(14)7-13(11)21/h5-8H. The van der Waals surface area contributed by atoms with Gasteiger partial charge in [-0.3, -0.25) is 0 Å². The van der Waals surface area contributed by atoms with Gasteiger partial charge in [-0.2, -0.15) is 31.2 Å². The Morgan fingerprint density at radius 2 is 1.09 bits per heavy atom. The van der Waals surface area contributed by atoms with E-state index in [4.69, 9.17) is 21.0 Å². The average Bonchev–Trinajstić information content (AvgIpc) is 3.13. The highest BCUT2D eigenvalue weighted by molar-refractivity contribution is 5.78. The molecule has 0 aromatic carbocycles. The van der Waals surface area contributed by atoms with Crippen molar-refractivity contribution in [2.45, 2.75) is 0 Å². The summed E-state index contributed by atoms with van der Waals surface area (Å²) in [7, 11) is 0. The molecular formula is C14H4N8. The fourth-order valence-corrected chi connectivity index (χ4v) is 2.11. The van der Waals surface area contributed by atoms with Crippen LogP contribution in [0.5, 0.6) is 0 Å². The molecule has 0 fully saturated rings. The molecule has 0 N–H and O–H groups in total. The molecule has 22 heavy (non-hydrogen) atoms. The molecule has 8 nitrogen and oxygen atoms in total. The summed E-state index contributed by atoms with van der Waals surface area (Å²) < 4.78 is 2.94. The van der Waals surface area contributed by atoms with E-state index in [2.05, 4.69) is 10.2 Å². The van der Waals surface area contributed by atoms with Gasteiger partial charge in [0.15, 0.2) is 0 Å². The Kier molecular flexibility index (Phi) is 2.78. The third kappa shape index (κ3) is 1.67. The maximum absolute atomic E-state index is 8.97. The molecule has 100 valence electrons. The number of nitriles is 4. The Labute approximate surface area is 122 Å². The van der Waals surface area contributed by atoms with Crippen LogP contribution in [0, 0.1) is 45.3 Å². The van der Waals surface area contributed by atoms with Crippen LogP contribution in [-0.2, 0) is 0 Å². The number of hydrogen-bond acceptors (Lipinski definition) is 6. The van der Waals surface area contributed by atoms with E-state index < -0.39 is 0 Å². The van der Waals surface area contributed by atoms with Crippen LogP contribution in [0.3, 0.4) is 0 Å². The molecule has 3 aromatic rings. The largest absolute Gasteiger partial charge is 0.237 e. The van der Waals surface area contributed by atoms with Gasteiger partial charge in [-0.1, -0.05) is 0 Å². The van der Waals surface area contributed by atoms with Gasteiger partial charge in [-0.15, -0.1) is 0 Å². The van der Waals surface area contributed by atoms with E-state index in [9.17, 15) is 0 Å². The van der Waals surface area contributed by atoms with E-state index in [0.29, 0.717) is 21.5 Å². The lowest BCUT2D eigenvalue weighted by molar-refractivity contribution is 0.904. The summed E-state index contributed by atoms with van der Waals surface area (Å²) in [4.78, 5) is 0. The number of nitrogens with zero attached hydrogens (tertiary/aromatic N) is 8. The minimum absolute atomic E-state index is 0.0527. The van der Waals surface area contributed by atoms with Gasteiger partial charge in [-0.25, -0.2) is 9.03 Å². The summed E-state index contributed by atoms with van der Waals surface area (Å²) in [6.07, 6.45) is 6.00. The number of hydrogen-bond donors (Lipinski definition) is 0. The van der Waals surface area contributed by atoms with E-state index in [1.54, 1.807) is 12.4 Å². The van der Waals surface area contributed by atoms with Crippen LogP contribution in [0.4, 0.5) is 0 Å². The van der Waals surface area contributed by atoms with Crippen LogP contribution < -0.4 is 10.4 Å². The molecule has 0 atom stereocenters. The fourth-order valence-electron chi connectivity index (χ4n) is 2.11. The van der Waals surface area contributed by atoms with Crippen molar-refractivity contribution in [2.24, 2.45) is 0 Å². The number of rotatable bonds is 0. The minimum atomic E-state index is -0.0527. The van der Waals surface area contributed by atoms with Crippen molar-refractivity contribution < 1.29 is 0 Å². The molecule has 0 radical (unpaired) electrons. The summed E-state index contributed by atoms with van der Waals surface area (Å²) >= 11 is 0. The summed E-state index contributed by atoms with van der Waals surface area (Å²) in [6.45, 7) is 0. The normalized spacial score (nSPS) is 9.64. The lowest BCUT2D eigenvalue weighted by atomic mass is 10.2. The fraction of sp³-hybridized carbons (Fsp3) is 0. The summed E-state index contributed by atoms with van der Waals surface area (Å²) in [5, 5.41) is 44.9. The lowest BCUT2D eigenvalue weighted by Gasteiger charge is -1.96. The molecule has 0 unspecified atom stereocenters. The molecule has 0 aliphatic heterocycles. The predicted molar refractivity (Wildman–Crippen MR) is 72.5 cm³/mol. The highest BCUT2D eigenvalue weighted by Crippen LogP contribution is 2.03. The first kappa shape index (κ1) is 12.9. The second kappa shape index (κ2) is 4.76. The van der Waals surface area contributed by atoms with Gasteiger partial charge >= 0.3 is 0 Å². The zero-order valence-corrected chi connectivity index (χ0v) is 10.9. The number of fused-ring (bicyclic) bond motifs is 2. The molecule has 3 rings (SSSR count). The Hall–Kier alpha value is -4.14. The Bertz CT molecular complexity index is 1080. The second-order valence-corrected chi connectivity index (χ2v) is 4.23. The van der Waals surface area contributed by atoms with Gasteiger partial charge in [0, 0.05) is 0 Å². The lowest BCUT2D eigenvalue weighted by Crippen LogP contribution is -2.07. The molecule has 0 amide bonds. The van der Waals surface area contributed by atoms with Crippen molar-refractivity contribution in [1.29, 1.82) is 21.0 Å². The van der Waals surface area contributed by atoms with E-state index >= 15 is 0 Å². The molecule has 0 aliphatic carbocycles. The van der Waals surface area contributed by atoms with Crippen molar-refractivity contribution in [3.8, 4) is 24.3 Å². The van der Waals surface area contributed by atoms with Crippen molar-refractivity contribution >= 4 is 22.2 Å². The third-order valence-corrected chi connectivity index (χ3v) is 3.14. The van der Waals surface area contributed by atoms with E-state index in [1.165, 1.54) is 21.4 Å². The summed E-state index contributed by atoms with van der Waals surface area (Å²) in [6, 6.07) is 7.27. The maximum Gasteiger partial charge on any atom is 0.140 e. The quantitative estimate of drug-likeness (QED) is 0.540. The minimum Gasteiger partial charge on any atom is -0.237 e. The van der Waals surface area contributed by atoms with Crippen LogP contribution in [0.15, 0.2) is 24.8 Å². The van der Waals surface area contributed by atoms with Crippen LogP contribution >= 0.6 is 0 Å². The van der Waals surface area contributed by atoms with Crippen molar-refractivity contribution in [3.63, 3.8) is 0 Å². The second-order valence-electron chi connectivity index (χ2n) is 4.23. The van der Waals surface area contributed by atoms with Gasteiger partial charge in [0.2, 0.25) is 0 Å². The smallest absolute Gasteiger partial charge is 0.140 e. The van der Waals surface area contributed by atoms with Crippen LogP contribution in [-0.4, -0.2) is 19.2 Å². The van der Waals surface area contributed by atoms with E-state index in [-0.39, 0.29) is 11.1 Å². The van der Waals surface area contributed by atoms with Crippen molar-refractivity contribution in [3.05, 3.63) is 35.2 Å². The van der Waals surface area contributed by atoms with Gasteiger partial charge in [0.1, 0.15) is 35.4 Å². The molecule has 0 bridgehead atoms. The monoisotopic (exact) mass is 284 g/mol. The molecule has 0 saturated carbocycles. The first-order valence-electron chi connectivity index (χ1n) is 5.93. The van der Waals surface area contributed by atoms with Crippen LogP contribution in [0.2, 0.25) is 0 Å². The Balaban J connectivity index is 2.53. The summed E-state index contributed by atoms with van der Waals surface area (Å²) in [5.74, 6) is 0. The van der Waals surface area contributed by atoms with E-state index in [1.807, 2.05) is 24.3 Å². The molecule has 3 aromatic heterocycles. The topological polar surface area (TPSA) is 130 Å². The third-order valence-electron chi connectivity index (χ3n) is 3.14. The van der Waals surface area contributed by atoms with Gasteiger partial charge < -0.3 is 0 Å². The zero-order chi connectivity index (χ0) is 15.7. The molecule has 8 heteroatoms. The van der Waals surface area contributed by atoms with E-state index in [0.717, 1.165) is 0 Å². The molecule has 0 spiro atoms. The van der Waals surface area contributed by atoms with Crippen molar-refractivity contribution in [2.75, 3.05) is 0 Å². The maximum atomic E-state index is 8.97. The first-order valence-corrected chi connectivity index (χ1v) is 5.93. The zero-order valence-electron chi connectivity index (χ0n) is 10.9.